The van der Waals surface area contributed by atoms with E-state index in [9.17, 15) is 14.7 Å². The molecule has 0 aromatic carbocycles. The Morgan fingerprint density at radius 1 is 1.25 bits per heavy atom. The molecular formula is C15H17NO3S. The molecule has 5 heteroatoms. The fourth-order valence-electron chi connectivity index (χ4n) is 3.03. The maximum atomic E-state index is 12.6. The first-order valence-corrected chi connectivity index (χ1v) is 7.76. The van der Waals surface area contributed by atoms with Gasteiger partial charge < -0.3 is 10.0 Å². The lowest BCUT2D eigenvalue weighted by molar-refractivity contribution is -0.151. The summed E-state index contributed by atoms with van der Waals surface area (Å²) in [5.41, 5.74) is 1.22. The Balaban J connectivity index is 1.76. The van der Waals surface area contributed by atoms with Crippen molar-refractivity contribution in [2.75, 3.05) is 6.54 Å². The molecular weight excluding hydrogens is 274 g/mol. The van der Waals surface area contributed by atoms with Crippen molar-refractivity contribution in [3.8, 4) is 0 Å². The molecule has 0 unspecified atom stereocenters. The summed E-state index contributed by atoms with van der Waals surface area (Å²) in [5.74, 6) is -1.84. The number of hydrogen-bond acceptors (Lipinski definition) is 3. The van der Waals surface area contributed by atoms with Crippen LogP contribution in [0.1, 0.15) is 23.3 Å². The van der Waals surface area contributed by atoms with Crippen LogP contribution in [0.25, 0.3) is 0 Å². The summed E-state index contributed by atoms with van der Waals surface area (Å²) in [4.78, 5) is 27.1. The van der Waals surface area contributed by atoms with Gasteiger partial charge in [0.15, 0.2) is 0 Å². The molecule has 20 heavy (non-hydrogen) atoms. The van der Waals surface area contributed by atoms with E-state index in [1.165, 1.54) is 10.4 Å². The molecule has 0 saturated carbocycles. The number of carbonyl (C=O) groups is 2. The molecule has 1 amide bonds. The fourth-order valence-corrected chi connectivity index (χ4v) is 3.92. The molecule has 0 spiro atoms. The number of rotatable bonds is 2. The third kappa shape index (κ3) is 2.38. The lowest BCUT2D eigenvalue weighted by Gasteiger charge is -2.33. The van der Waals surface area contributed by atoms with Gasteiger partial charge in [-0.2, -0.15) is 0 Å². The van der Waals surface area contributed by atoms with E-state index in [-0.39, 0.29) is 5.91 Å². The monoisotopic (exact) mass is 291 g/mol. The van der Waals surface area contributed by atoms with Gasteiger partial charge in [-0.05, 0) is 36.3 Å². The van der Waals surface area contributed by atoms with Crippen LogP contribution >= 0.6 is 11.3 Å². The van der Waals surface area contributed by atoms with Crippen molar-refractivity contribution >= 4 is 23.2 Å². The summed E-state index contributed by atoms with van der Waals surface area (Å²) >= 11 is 1.74. The minimum atomic E-state index is -0.860. The topological polar surface area (TPSA) is 57.6 Å². The van der Waals surface area contributed by atoms with Crippen molar-refractivity contribution in [2.45, 2.75) is 25.8 Å². The van der Waals surface area contributed by atoms with E-state index >= 15 is 0 Å². The second-order valence-electron chi connectivity index (χ2n) is 5.37. The number of amides is 1. The number of allylic oxidation sites excluding steroid dienone is 2. The van der Waals surface area contributed by atoms with Crippen LogP contribution in [0.4, 0.5) is 0 Å². The predicted octanol–water partition coefficient (Wildman–Crippen LogP) is 2.30. The molecule has 0 radical (unpaired) electrons. The predicted molar refractivity (Wildman–Crippen MR) is 76.4 cm³/mol. The summed E-state index contributed by atoms with van der Waals surface area (Å²) in [5, 5.41) is 11.3. The fraction of sp³-hybridized carbons (Fsp3) is 0.467. The molecule has 106 valence electrons. The highest BCUT2D eigenvalue weighted by Crippen LogP contribution is 2.30. The molecule has 1 aromatic heterocycles. The highest BCUT2D eigenvalue weighted by Gasteiger charge is 2.37. The zero-order chi connectivity index (χ0) is 14.1. The van der Waals surface area contributed by atoms with E-state index in [0.717, 1.165) is 6.42 Å². The number of fused-ring (bicyclic) bond motifs is 1. The van der Waals surface area contributed by atoms with Gasteiger partial charge in [0.05, 0.1) is 11.8 Å². The molecule has 1 aliphatic carbocycles. The quantitative estimate of drug-likeness (QED) is 0.851. The Kier molecular flexibility index (Phi) is 3.61. The zero-order valence-electron chi connectivity index (χ0n) is 11.1. The minimum Gasteiger partial charge on any atom is -0.481 e. The van der Waals surface area contributed by atoms with Gasteiger partial charge in [0, 0.05) is 18.0 Å². The number of carboxylic acids is 1. The van der Waals surface area contributed by atoms with Gasteiger partial charge >= 0.3 is 5.97 Å². The number of carboxylic acid groups (broad SMARTS) is 1. The summed E-state index contributed by atoms with van der Waals surface area (Å²) in [6.07, 6.45) is 5.70. The number of aliphatic carboxylic acids is 1. The van der Waals surface area contributed by atoms with E-state index in [2.05, 4.69) is 11.4 Å². The van der Waals surface area contributed by atoms with Gasteiger partial charge in [0.25, 0.3) is 0 Å². The van der Waals surface area contributed by atoms with Gasteiger partial charge in [-0.1, -0.05) is 12.2 Å². The van der Waals surface area contributed by atoms with Crippen LogP contribution < -0.4 is 0 Å². The first kappa shape index (κ1) is 13.4. The van der Waals surface area contributed by atoms with Crippen molar-refractivity contribution in [1.82, 2.24) is 4.90 Å². The minimum absolute atomic E-state index is 0.00130. The normalized spacial score (nSPS) is 25.3. The molecule has 4 nitrogen and oxygen atoms in total. The molecule has 2 heterocycles. The van der Waals surface area contributed by atoms with Gasteiger partial charge in [-0.3, -0.25) is 9.59 Å². The van der Waals surface area contributed by atoms with E-state index in [0.29, 0.717) is 25.9 Å². The van der Waals surface area contributed by atoms with Crippen LogP contribution in [0, 0.1) is 11.8 Å². The highest BCUT2D eigenvalue weighted by atomic mass is 32.1. The molecule has 2 aliphatic rings. The summed E-state index contributed by atoms with van der Waals surface area (Å²) in [7, 11) is 0. The summed E-state index contributed by atoms with van der Waals surface area (Å²) < 4.78 is 0. The van der Waals surface area contributed by atoms with Gasteiger partial charge in [-0.25, -0.2) is 0 Å². The van der Waals surface area contributed by atoms with E-state index in [1.807, 2.05) is 17.1 Å². The van der Waals surface area contributed by atoms with Gasteiger partial charge in [0.2, 0.25) is 5.91 Å². The van der Waals surface area contributed by atoms with Crippen molar-refractivity contribution in [3.05, 3.63) is 34.0 Å². The second kappa shape index (κ2) is 5.40. The molecule has 1 N–H and O–H groups in total. The molecule has 1 aromatic rings. The van der Waals surface area contributed by atoms with Crippen LogP contribution in [0.5, 0.6) is 0 Å². The van der Waals surface area contributed by atoms with E-state index in [1.54, 1.807) is 11.3 Å². The van der Waals surface area contributed by atoms with E-state index < -0.39 is 17.8 Å². The first-order chi connectivity index (χ1) is 9.66. The molecule has 2 atom stereocenters. The molecule has 0 bridgehead atoms. The molecule has 0 saturated heterocycles. The maximum absolute atomic E-state index is 12.6. The average Bonchev–Trinajstić information content (AvgIpc) is 2.93. The zero-order valence-corrected chi connectivity index (χ0v) is 11.9. The maximum Gasteiger partial charge on any atom is 0.307 e. The van der Waals surface area contributed by atoms with Crippen molar-refractivity contribution in [1.29, 1.82) is 0 Å². The Labute approximate surface area is 121 Å². The van der Waals surface area contributed by atoms with Crippen LogP contribution in [0.2, 0.25) is 0 Å². The summed E-state index contributed by atoms with van der Waals surface area (Å²) in [6, 6.07) is 2.06. The lowest BCUT2D eigenvalue weighted by Crippen LogP contribution is -2.43. The van der Waals surface area contributed by atoms with Crippen molar-refractivity contribution < 1.29 is 14.7 Å². The number of hydrogen-bond donors (Lipinski definition) is 1. The van der Waals surface area contributed by atoms with Crippen LogP contribution in [-0.4, -0.2) is 28.4 Å². The Morgan fingerprint density at radius 3 is 2.75 bits per heavy atom. The standard InChI is InChI=1S/C15H17NO3S/c17-14(11-3-1-2-4-12(11)15(18)19)16-7-5-13-10(9-16)6-8-20-13/h1-2,6,8,11-12H,3-5,7,9H2,(H,18,19)/t11-,12+/m1/s1. The van der Waals surface area contributed by atoms with E-state index in [4.69, 9.17) is 0 Å². The highest BCUT2D eigenvalue weighted by molar-refractivity contribution is 7.10. The first-order valence-electron chi connectivity index (χ1n) is 6.88. The molecule has 0 fully saturated rings. The lowest BCUT2D eigenvalue weighted by atomic mass is 9.82. The van der Waals surface area contributed by atoms with Gasteiger partial charge in [-0.15, -0.1) is 11.3 Å². The Bertz CT molecular complexity index is 563. The Hall–Kier alpha value is -1.62. The average molecular weight is 291 g/mol. The number of carbonyl (C=O) groups excluding carboxylic acids is 1. The number of thiophene rings is 1. The van der Waals surface area contributed by atoms with Crippen molar-refractivity contribution in [3.63, 3.8) is 0 Å². The smallest absolute Gasteiger partial charge is 0.307 e. The Morgan fingerprint density at radius 2 is 2.00 bits per heavy atom. The summed E-state index contributed by atoms with van der Waals surface area (Å²) in [6.45, 7) is 1.34. The van der Waals surface area contributed by atoms with Crippen LogP contribution in [-0.2, 0) is 22.6 Å². The van der Waals surface area contributed by atoms with Crippen molar-refractivity contribution in [2.24, 2.45) is 11.8 Å². The number of nitrogens with zero attached hydrogens (tertiary/aromatic N) is 1. The van der Waals surface area contributed by atoms with Crippen LogP contribution in [0.15, 0.2) is 23.6 Å². The SMILES string of the molecule is O=C(O)[C@H]1CC=CC[C@H]1C(=O)N1CCc2sccc2C1. The molecule has 3 rings (SSSR count). The third-order valence-electron chi connectivity index (χ3n) is 4.19. The van der Waals surface area contributed by atoms with Crippen LogP contribution in [0.3, 0.4) is 0 Å². The molecule has 1 aliphatic heterocycles. The second-order valence-corrected chi connectivity index (χ2v) is 6.37. The van der Waals surface area contributed by atoms with Gasteiger partial charge in [0.1, 0.15) is 0 Å². The largest absolute Gasteiger partial charge is 0.481 e. The third-order valence-corrected chi connectivity index (χ3v) is 5.21.